The van der Waals surface area contributed by atoms with Gasteiger partial charge in [0, 0.05) is 24.7 Å². The number of hydrogen-bond acceptors (Lipinski definition) is 2. The lowest BCUT2D eigenvalue weighted by atomic mass is 9.92. The van der Waals surface area contributed by atoms with Crippen LogP contribution in [-0.2, 0) is 6.42 Å². The third kappa shape index (κ3) is 2.78. The molecule has 23 heavy (non-hydrogen) atoms. The van der Waals surface area contributed by atoms with Crippen LogP contribution in [0.25, 0.3) is 6.08 Å². The second-order valence-electron chi connectivity index (χ2n) is 5.68. The number of benzene rings is 1. The maximum absolute atomic E-state index is 5.87. The number of fused-ring (bicyclic) bond motifs is 1. The Hall–Kier alpha value is -2.45. The molecule has 2 nitrogen and oxygen atoms in total. The molecule has 0 saturated heterocycles. The molecule has 3 aromatic rings. The number of allylic oxidation sites excluding steroid dienone is 1. The van der Waals surface area contributed by atoms with Gasteiger partial charge >= 0.3 is 0 Å². The molecule has 1 aliphatic rings. The SMILES string of the molecule is Clc1ccc(Cc2cccnc2C2C=Cc3ccccc32)cn1. The largest absolute Gasteiger partial charge is 0.260 e. The van der Waals surface area contributed by atoms with E-state index in [1.54, 1.807) is 0 Å². The molecule has 1 unspecified atom stereocenters. The van der Waals surface area contributed by atoms with E-state index < -0.39 is 0 Å². The van der Waals surface area contributed by atoms with Crippen molar-refractivity contribution in [2.24, 2.45) is 0 Å². The van der Waals surface area contributed by atoms with Gasteiger partial charge in [-0.1, -0.05) is 60.2 Å². The van der Waals surface area contributed by atoms with Crippen LogP contribution in [0.5, 0.6) is 0 Å². The van der Waals surface area contributed by atoms with E-state index in [1.165, 1.54) is 16.7 Å². The number of halogens is 1. The molecule has 1 atom stereocenters. The highest BCUT2D eigenvalue weighted by atomic mass is 35.5. The van der Waals surface area contributed by atoms with Gasteiger partial charge in [0.1, 0.15) is 5.15 Å². The first kappa shape index (κ1) is 14.2. The normalized spacial score (nSPS) is 15.6. The number of pyridine rings is 2. The molecule has 2 heterocycles. The summed E-state index contributed by atoms with van der Waals surface area (Å²) in [6.07, 6.45) is 8.92. The predicted octanol–water partition coefficient (Wildman–Crippen LogP) is 4.88. The topological polar surface area (TPSA) is 25.8 Å². The van der Waals surface area contributed by atoms with Crippen molar-refractivity contribution in [2.75, 3.05) is 0 Å². The van der Waals surface area contributed by atoms with Crippen LogP contribution >= 0.6 is 11.6 Å². The highest BCUT2D eigenvalue weighted by Crippen LogP contribution is 2.36. The van der Waals surface area contributed by atoms with Crippen LogP contribution in [0, 0.1) is 0 Å². The van der Waals surface area contributed by atoms with E-state index in [1.807, 2.05) is 30.6 Å². The summed E-state index contributed by atoms with van der Waals surface area (Å²) in [4.78, 5) is 8.85. The molecule has 0 radical (unpaired) electrons. The van der Waals surface area contributed by atoms with Gasteiger partial charge in [0.2, 0.25) is 0 Å². The minimum absolute atomic E-state index is 0.225. The first-order valence-corrected chi connectivity index (χ1v) is 8.00. The Morgan fingerprint density at radius 2 is 1.87 bits per heavy atom. The second kappa shape index (κ2) is 5.98. The summed E-state index contributed by atoms with van der Waals surface area (Å²) in [6, 6.07) is 16.5. The molecule has 0 N–H and O–H groups in total. The molecule has 0 saturated carbocycles. The Bertz CT molecular complexity index is 869. The smallest absolute Gasteiger partial charge is 0.129 e. The minimum atomic E-state index is 0.225. The van der Waals surface area contributed by atoms with E-state index in [0.29, 0.717) is 5.15 Å². The lowest BCUT2D eigenvalue weighted by Gasteiger charge is -2.15. The van der Waals surface area contributed by atoms with Crippen molar-refractivity contribution in [3.8, 4) is 0 Å². The van der Waals surface area contributed by atoms with E-state index in [9.17, 15) is 0 Å². The van der Waals surface area contributed by atoms with Crippen molar-refractivity contribution < 1.29 is 0 Å². The third-order valence-electron chi connectivity index (χ3n) is 4.20. The quantitative estimate of drug-likeness (QED) is 0.643. The molecule has 2 aromatic heterocycles. The Labute approximate surface area is 140 Å². The van der Waals surface area contributed by atoms with Crippen molar-refractivity contribution in [1.29, 1.82) is 0 Å². The van der Waals surface area contributed by atoms with Crippen LogP contribution in [0.1, 0.15) is 33.9 Å². The van der Waals surface area contributed by atoms with Crippen molar-refractivity contribution in [3.05, 3.63) is 100 Å². The maximum Gasteiger partial charge on any atom is 0.129 e. The van der Waals surface area contributed by atoms with Crippen LogP contribution in [0.3, 0.4) is 0 Å². The summed E-state index contributed by atoms with van der Waals surface area (Å²) in [5, 5.41) is 0.521. The fourth-order valence-electron chi connectivity index (χ4n) is 3.10. The Morgan fingerprint density at radius 1 is 0.957 bits per heavy atom. The van der Waals surface area contributed by atoms with Gasteiger partial charge in [-0.15, -0.1) is 0 Å². The van der Waals surface area contributed by atoms with E-state index >= 15 is 0 Å². The second-order valence-corrected chi connectivity index (χ2v) is 6.07. The number of nitrogens with zero attached hydrogens (tertiary/aromatic N) is 2. The van der Waals surface area contributed by atoms with Gasteiger partial charge < -0.3 is 0 Å². The van der Waals surface area contributed by atoms with Crippen LogP contribution in [-0.4, -0.2) is 9.97 Å². The molecular formula is C20H15ClN2. The summed E-state index contributed by atoms with van der Waals surface area (Å²) in [7, 11) is 0. The lowest BCUT2D eigenvalue weighted by Crippen LogP contribution is -2.04. The molecule has 0 fully saturated rings. The van der Waals surface area contributed by atoms with Crippen LogP contribution in [0.4, 0.5) is 0 Å². The van der Waals surface area contributed by atoms with Crippen LogP contribution in [0.2, 0.25) is 5.15 Å². The van der Waals surface area contributed by atoms with E-state index in [-0.39, 0.29) is 5.92 Å². The van der Waals surface area contributed by atoms with Gasteiger partial charge in [0.15, 0.2) is 0 Å². The van der Waals surface area contributed by atoms with E-state index in [4.69, 9.17) is 11.6 Å². The molecule has 0 amide bonds. The molecule has 3 heteroatoms. The monoisotopic (exact) mass is 318 g/mol. The van der Waals surface area contributed by atoms with E-state index in [0.717, 1.165) is 17.7 Å². The Balaban J connectivity index is 1.71. The first-order chi connectivity index (χ1) is 11.3. The Kier molecular flexibility index (Phi) is 3.68. The van der Waals surface area contributed by atoms with Crippen molar-refractivity contribution in [3.63, 3.8) is 0 Å². The summed E-state index contributed by atoms with van der Waals surface area (Å²) in [5.41, 5.74) is 6.08. The molecular weight excluding hydrogens is 304 g/mol. The standard InChI is InChI=1S/C20H15ClN2/c21-19-10-7-14(13-23-19)12-16-5-3-11-22-20(16)18-9-8-15-4-1-2-6-17(15)18/h1-11,13,18H,12H2. The average Bonchev–Trinajstić information content (AvgIpc) is 3.01. The fourth-order valence-corrected chi connectivity index (χ4v) is 3.21. The molecule has 4 rings (SSSR count). The zero-order valence-corrected chi connectivity index (χ0v) is 13.2. The molecule has 0 aliphatic heterocycles. The van der Waals surface area contributed by atoms with Gasteiger partial charge in [0.05, 0.1) is 5.69 Å². The Morgan fingerprint density at radius 3 is 2.74 bits per heavy atom. The van der Waals surface area contributed by atoms with Gasteiger partial charge in [-0.2, -0.15) is 0 Å². The van der Waals surface area contributed by atoms with E-state index in [2.05, 4.69) is 52.5 Å². The highest BCUT2D eigenvalue weighted by Gasteiger charge is 2.22. The predicted molar refractivity (Wildman–Crippen MR) is 93.6 cm³/mol. The molecule has 112 valence electrons. The summed E-state index contributed by atoms with van der Waals surface area (Å²) < 4.78 is 0. The first-order valence-electron chi connectivity index (χ1n) is 7.62. The lowest BCUT2D eigenvalue weighted by molar-refractivity contribution is 0.928. The zero-order valence-electron chi connectivity index (χ0n) is 12.5. The highest BCUT2D eigenvalue weighted by molar-refractivity contribution is 6.29. The summed E-state index contributed by atoms with van der Waals surface area (Å²) in [5.74, 6) is 0.225. The maximum atomic E-state index is 5.87. The zero-order chi connectivity index (χ0) is 15.6. The average molecular weight is 319 g/mol. The molecule has 0 bridgehead atoms. The molecule has 1 aromatic carbocycles. The summed E-state index contributed by atoms with van der Waals surface area (Å²) in [6.45, 7) is 0. The van der Waals surface area contributed by atoms with Crippen molar-refractivity contribution in [1.82, 2.24) is 9.97 Å². The number of rotatable bonds is 3. The third-order valence-corrected chi connectivity index (χ3v) is 4.43. The number of aromatic nitrogens is 2. The minimum Gasteiger partial charge on any atom is -0.260 e. The fraction of sp³-hybridized carbons (Fsp3) is 0.100. The number of hydrogen-bond donors (Lipinski definition) is 0. The molecule has 0 spiro atoms. The van der Waals surface area contributed by atoms with Gasteiger partial charge in [-0.25, -0.2) is 4.98 Å². The van der Waals surface area contributed by atoms with Gasteiger partial charge in [-0.05, 0) is 34.4 Å². The van der Waals surface area contributed by atoms with Gasteiger partial charge in [-0.3, -0.25) is 4.98 Å². The van der Waals surface area contributed by atoms with Crippen LogP contribution in [0.15, 0.2) is 67.0 Å². The van der Waals surface area contributed by atoms with Crippen LogP contribution < -0.4 is 0 Å². The molecule has 1 aliphatic carbocycles. The van der Waals surface area contributed by atoms with Crippen molar-refractivity contribution >= 4 is 17.7 Å². The van der Waals surface area contributed by atoms with Gasteiger partial charge in [0.25, 0.3) is 0 Å². The summed E-state index contributed by atoms with van der Waals surface area (Å²) >= 11 is 5.87. The van der Waals surface area contributed by atoms with Crippen molar-refractivity contribution in [2.45, 2.75) is 12.3 Å².